The van der Waals surface area contributed by atoms with Crippen molar-refractivity contribution in [3.05, 3.63) is 28.8 Å². The van der Waals surface area contributed by atoms with Gasteiger partial charge in [0, 0.05) is 7.05 Å². The molecule has 1 aliphatic heterocycles. The fourth-order valence-electron chi connectivity index (χ4n) is 2.82. The first-order valence-electron chi connectivity index (χ1n) is 6.50. The molecular formula is C16H23NO. The van der Waals surface area contributed by atoms with E-state index in [1.165, 1.54) is 16.7 Å². The number of aryl methyl sites for hydroxylation is 1. The molecule has 1 aromatic carbocycles. The van der Waals surface area contributed by atoms with Gasteiger partial charge in [0.2, 0.25) is 5.91 Å². The molecule has 1 aromatic rings. The van der Waals surface area contributed by atoms with Crippen LogP contribution in [0.15, 0.2) is 12.1 Å². The molecule has 0 saturated carbocycles. The second-order valence-electron chi connectivity index (χ2n) is 6.95. The van der Waals surface area contributed by atoms with Crippen LogP contribution in [-0.4, -0.2) is 13.0 Å². The van der Waals surface area contributed by atoms with Crippen LogP contribution < -0.4 is 4.90 Å². The molecule has 0 aliphatic carbocycles. The second kappa shape index (κ2) is 3.59. The van der Waals surface area contributed by atoms with Crippen molar-refractivity contribution in [2.24, 2.45) is 0 Å². The Morgan fingerprint density at radius 1 is 1.17 bits per heavy atom. The highest BCUT2D eigenvalue weighted by molar-refractivity contribution is 6.08. The van der Waals surface area contributed by atoms with E-state index < -0.39 is 5.41 Å². The molecule has 0 unspecified atom stereocenters. The number of benzene rings is 1. The normalized spacial score (nSPS) is 18.2. The SMILES string of the molecule is Cc1cc(C(C)(C)C)c2c(c1)C(C)(C)C(=O)N2C. The highest BCUT2D eigenvalue weighted by atomic mass is 16.2. The molecule has 1 aliphatic rings. The average Bonchev–Trinajstić information content (AvgIpc) is 2.39. The van der Waals surface area contributed by atoms with Crippen molar-refractivity contribution in [2.45, 2.75) is 52.4 Å². The summed E-state index contributed by atoms with van der Waals surface area (Å²) < 4.78 is 0. The maximum absolute atomic E-state index is 12.4. The van der Waals surface area contributed by atoms with Gasteiger partial charge in [-0.2, -0.15) is 0 Å². The molecular weight excluding hydrogens is 222 g/mol. The summed E-state index contributed by atoms with van der Waals surface area (Å²) >= 11 is 0. The first-order chi connectivity index (χ1) is 8.06. The van der Waals surface area contributed by atoms with Crippen molar-refractivity contribution >= 4 is 11.6 Å². The lowest BCUT2D eigenvalue weighted by Crippen LogP contribution is -2.33. The van der Waals surface area contributed by atoms with Crippen LogP contribution in [0.1, 0.15) is 51.3 Å². The molecule has 2 heteroatoms. The van der Waals surface area contributed by atoms with Gasteiger partial charge in [0.25, 0.3) is 0 Å². The average molecular weight is 245 g/mol. The summed E-state index contributed by atoms with van der Waals surface area (Å²) in [7, 11) is 1.89. The summed E-state index contributed by atoms with van der Waals surface area (Å²) in [4.78, 5) is 14.2. The Hall–Kier alpha value is -1.31. The van der Waals surface area contributed by atoms with Gasteiger partial charge in [-0.1, -0.05) is 38.5 Å². The maximum Gasteiger partial charge on any atom is 0.236 e. The molecule has 0 bridgehead atoms. The molecule has 0 saturated heterocycles. The van der Waals surface area contributed by atoms with Crippen LogP contribution in [0.25, 0.3) is 0 Å². The summed E-state index contributed by atoms with van der Waals surface area (Å²) in [5.41, 5.74) is 4.41. The zero-order valence-corrected chi connectivity index (χ0v) is 12.5. The van der Waals surface area contributed by atoms with Crippen molar-refractivity contribution < 1.29 is 4.79 Å². The molecule has 2 nitrogen and oxygen atoms in total. The zero-order chi connectivity index (χ0) is 13.9. The molecule has 0 aromatic heterocycles. The van der Waals surface area contributed by atoms with E-state index in [9.17, 15) is 4.79 Å². The lowest BCUT2D eigenvalue weighted by atomic mass is 9.79. The second-order valence-corrected chi connectivity index (χ2v) is 6.95. The Kier molecular flexibility index (Phi) is 2.62. The first kappa shape index (κ1) is 13.1. The first-order valence-corrected chi connectivity index (χ1v) is 6.50. The molecule has 0 fully saturated rings. The molecule has 2 rings (SSSR count). The van der Waals surface area contributed by atoms with Gasteiger partial charge in [0.15, 0.2) is 0 Å². The summed E-state index contributed by atoms with van der Waals surface area (Å²) in [6.45, 7) is 12.7. The van der Waals surface area contributed by atoms with Gasteiger partial charge in [-0.3, -0.25) is 4.79 Å². The van der Waals surface area contributed by atoms with E-state index in [0.717, 1.165) is 5.69 Å². The largest absolute Gasteiger partial charge is 0.314 e. The van der Waals surface area contributed by atoms with Gasteiger partial charge < -0.3 is 4.90 Å². The molecule has 0 atom stereocenters. The van der Waals surface area contributed by atoms with E-state index in [-0.39, 0.29) is 11.3 Å². The molecule has 0 N–H and O–H groups in total. The van der Waals surface area contributed by atoms with E-state index in [1.54, 1.807) is 0 Å². The Labute approximate surface area is 110 Å². The number of hydrogen-bond donors (Lipinski definition) is 0. The molecule has 0 radical (unpaired) electrons. The lowest BCUT2D eigenvalue weighted by Gasteiger charge is -2.26. The number of rotatable bonds is 0. The number of carbonyl (C=O) groups is 1. The minimum atomic E-state index is -0.407. The van der Waals surface area contributed by atoms with Gasteiger partial charge in [0.05, 0.1) is 11.1 Å². The van der Waals surface area contributed by atoms with Crippen LogP contribution in [0.4, 0.5) is 5.69 Å². The van der Waals surface area contributed by atoms with Crippen LogP contribution in [0.5, 0.6) is 0 Å². The molecule has 98 valence electrons. The predicted octanol–water partition coefficient (Wildman–Crippen LogP) is 3.55. The maximum atomic E-state index is 12.4. The smallest absolute Gasteiger partial charge is 0.236 e. The minimum absolute atomic E-state index is 0.0467. The summed E-state index contributed by atoms with van der Waals surface area (Å²) in [6.07, 6.45) is 0. The Morgan fingerprint density at radius 3 is 2.22 bits per heavy atom. The van der Waals surface area contributed by atoms with Gasteiger partial charge in [-0.05, 0) is 37.3 Å². The van der Waals surface area contributed by atoms with E-state index in [1.807, 2.05) is 25.8 Å². The van der Waals surface area contributed by atoms with Gasteiger partial charge in [-0.15, -0.1) is 0 Å². The van der Waals surface area contributed by atoms with Crippen LogP contribution in [0, 0.1) is 6.92 Å². The van der Waals surface area contributed by atoms with Gasteiger partial charge in [-0.25, -0.2) is 0 Å². The van der Waals surface area contributed by atoms with Crippen molar-refractivity contribution in [3.8, 4) is 0 Å². The quantitative estimate of drug-likeness (QED) is 0.684. The van der Waals surface area contributed by atoms with E-state index in [2.05, 4.69) is 39.8 Å². The number of carbonyl (C=O) groups excluding carboxylic acids is 1. The number of fused-ring (bicyclic) bond motifs is 1. The number of hydrogen-bond acceptors (Lipinski definition) is 1. The highest BCUT2D eigenvalue weighted by Crippen LogP contribution is 2.46. The lowest BCUT2D eigenvalue weighted by molar-refractivity contribution is -0.121. The standard InChI is InChI=1S/C16H23NO/c1-10-8-11(15(2,3)4)13-12(9-10)16(5,6)14(18)17(13)7/h8-9H,1-7H3. The van der Waals surface area contributed by atoms with E-state index in [0.29, 0.717) is 0 Å². The van der Waals surface area contributed by atoms with Crippen molar-refractivity contribution in [3.63, 3.8) is 0 Å². The Balaban J connectivity index is 2.81. The Bertz CT molecular complexity index is 521. The van der Waals surface area contributed by atoms with Gasteiger partial charge >= 0.3 is 0 Å². The monoisotopic (exact) mass is 245 g/mol. The third kappa shape index (κ3) is 1.66. The Morgan fingerprint density at radius 2 is 1.72 bits per heavy atom. The van der Waals surface area contributed by atoms with Crippen molar-refractivity contribution in [2.75, 3.05) is 11.9 Å². The fraction of sp³-hybridized carbons (Fsp3) is 0.562. The third-order valence-electron chi connectivity index (χ3n) is 3.91. The predicted molar refractivity (Wildman–Crippen MR) is 76.3 cm³/mol. The van der Waals surface area contributed by atoms with E-state index in [4.69, 9.17) is 0 Å². The highest BCUT2D eigenvalue weighted by Gasteiger charge is 2.44. The minimum Gasteiger partial charge on any atom is -0.314 e. The zero-order valence-electron chi connectivity index (χ0n) is 12.5. The molecule has 1 heterocycles. The van der Waals surface area contributed by atoms with Crippen LogP contribution >= 0.6 is 0 Å². The van der Waals surface area contributed by atoms with Crippen molar-refractivity contribution in [1.82, 2.24) is 0 Å². The topological polar surface area (TPSA) is 20.3 Å². The fourth-order valence-corrected chi connectivity index (χ4v) is 2.82. The van der Waals surface area contributed by atoms with Crippen LogP contribution in [-0.2, 0) is 15.6 Å². The molecule has 0 spiro atoms. The summed E-state index contributed by atoms with van der Waals surface area (Å²) in [5, 5.41) is 0. The molecule has 18 heavy (non-hydrogen) atoms. The van der Waals surface area contributed by atoms with Crippen molar-refractivity contribution in [1.29, 1.82) is 0 Å². The van der Waals surface area contributed by atoms with E-state index >= 15 is 0 Å². The van der Waals surface area contributed by atoms with Gasteiger partial charge in [0.1, 0.15) is 0 Å². The number of anilines is 1. The number of likely N-dealkylation sites (N-methyl/N-ethyl adjacent to an activating group) is 1. The molecule has 1 amide bonds. The van der Waals surface area contributed by atoms with Crippen LogP contribution in [0.3, 0.4) is 0 Å². The summed E-state index contributed by atoms with van der Waals surface area (Å²) in [6, 6.07) is 4.37. The summed E-state index contributed by atoms with van der Waals surface area (Å²) in [5.74, 6) is 0.189. The van der Waals surface area contributed by atoms with Crippen LogP contribution in [0.2, 0.25) is 0 Å². The number of amides is 1. The number of nitrogens with zero attached hydrogens (tertiary/aromatic N) is 1. The third-order valence-corrected chi connectivity index (χ3v) is 3.91.